The van der Waals surface area contributed by atoms with E-state index in [0.29, 0.717) is 12.7 Å². The average molecular weight is 237 g/mol. The Labute approximate surface area is 104 Å². The summed E-state index contributed by atoms with van der Waals surface area (Å²) < 4.78 is 11.5. The molecule has 96 valence electrons. The molecular weight excluding hydrogens is 214 g/mol. The van der Waals surface area contributed by atoms with Crippen molar-refractivity contribution < 1.29 is 9.15 Å². The van der Waals surface area contributed by atoms with Crippen LogP contribution in [0.1, 0.15) is 44.1 Å². The lowest BCUT2D eigenvalue weighted by Gasteiger charge is -2.25. The fraction of sp³-hybridized carbons (Fsp3) is 0.714. The second-order valence-electron chi connectivity index (χ2n) is 5.09. The molecule has 0 saturated heterocycles. The van der Waals surface area contributed by atoms with Crippen LogP contribution in [0.3, 0.4) is 0 Å². The molecule has 0 bridgehead atoms. The molecule has 0 atom stereocenters. The summed E-state index contributed by atoms with van der Waals surface area (Å²) in [6.07, 6.45) is 5.43. The average Bonchev–Trinajstić information content (AvgIpc) is 2.77. The summed E-state index contributed by atoms with van der Waals surface area (Å²) in [4.78, 5) is 0. The quantitative estimate of drug-likeness (QED) is 0.854. The Kier molecular flexibility index (Phi) is 4.63. The number of furan rings is 1. The molecular formula is C14H23NO2. The molecule has 1 aromatic heterocycles. The highest BCUT2D eigenvalue weighted by Gasteiger charge is 2.18. The zero-order valence-electron chi connectivity index (χ0n) is 10.9. The van der Waals surface area contributed by atoms with Gasteiger partial charge in [-0.15, -0.1) is 0 Å². The van der Waals surface area contributed by atoms with Crippen molar-refractivity contribution in [2.24, 2.45) is 5.92 Å². The van der Waals surface area contributed by atoms with E-state index in [4.69, 9.17) is 9.15 Å². The van der Waals surface area contributed by atoms with Gasteiger partial charge in [-0.05, 0) is 50.8 Å². The van der Waals surface area contributed by atoms with Crippen LogP contribution in [0.4, 0.5) is 0 Å². The van der Waals surface area contributed by atoms with E-state index in [9.17, 15) is 0 Å². The summed E-state index contributed by atoms with van der Waals surface area (Å²) >= 11 is 0. The Morgan fingerprint density at radius 3 is 2.65 bits per heavy atom. The fourth-order valence-electron chi connectivity index (χ4n) is 2.37. The molecule has 0 spiro atoms. The molecule has 17 heavy (non-hydrogen) atoms. The van der Waals surface area contributed by atoms with E-state index in [1.54, 1.807) is 0 Å². The molecule has 3 heteroatoms. The third-order valence-electron chi connectivity index (χ3n) is 3.49. The molecule has 1 heterocycles. The molecule has 0 aromatic carbocycles. The molecule has 0 unspecified atom stereocenters. The standard InChI is InChI=1S/C14H23NO2/c1-11-3-5-12(6-4-11)16-10-14-8-7-13(17-14)9-15-2/h7-8,11-12,15H,3-6,9-10H2,1-2H3. The zero-order chi connectivity index (χ0) is 12.1. The molecule has 0 amide bonds. The highest BCUT2D eigenvalue weighted by atomic mass is 16.5. The predicted octanol–water partition coefficient (Wildman–Crippen LogP) is 3.09. The number of nitrogens with one attached hydrogen (secondary N) is 1. The lowest BCUT2D eigenvalue weighted by Crippen LogP contribution is -2.20. The summed E-state index contributed by atoms with van der Waals surface area (Å²) in [6.45, 7) is 3.72. The molecule has 1 aliphatic carbocycles. The van der Waals surface area contributed by atoms with Gasteiger partial charge in [-0.3, -0.25) is 0 Å². The lowest BCUT2D eigenvalue weighted by atomic mass is 9.89. The lowest BCUT2D eigenvalue weighted by molar-refractivity contribution is 0.000904. The van der Waals surface area contributed by atoms with Crippen molar-refractivity contribution in [3.63, 3.8) is 0 Å². The first-order valence-electron chi connectivity index (χ1n) is 6.61. The van der Waals surface area contributed by atoms with Crippen molar-refractivity contribution in [1.82, 2.24) is 5.32 Å². The Balaban J connectivity index is 1.73. The molecule has 1 fully saturated rings. The number of rotatable bonds is 5. The summed E-state index contributed by atoms with van der Waals surface area (Å²) in [6, 6.07) is 4.02. The Hall–Kier alpha value is -0.800. The van der Waals surface area contributed by atoms with Gasteiger partial charge in [0.15, 0.2) is 0 Å². The third-order valence-corrected chi connectivity index (χ3v) is 3.49. The van der Waals surface area contributed by atoms with Crippen LogP contribution in [0.2, 0.25) is 0 Å². The highest BCUT2D eigenvalue weighted by Crippen LogP contribution is 2.26. The third kappa shape index (κ3) is 3.86. The van der Waals surface area contributed by atoms with E-state index in [0.717, 1.165) is 24.0 Å². The van der Waals surface area contributed by atoms with Gasteiger partial charge in [-0.2, -0.15) is 0 Å². The molecule has 3 nitrogen and oxygen atoms in total. The number of hydrogen-bond donors (Lipinski definition) is 1. The van der Waals surface area contributed by atoms with E-state index in [-0.39, 0.29) is 0 Å². The van der Waals surface area contributed by atoms with Crippen molar-refractivity contribution in [3.05, 3.63) is 23.7 Å². The second-order valence-corrected chi connectivity index (χ2v) is 5.09. The molecule has 2 rings (SSSR count). The van der Waals surface area contributed by atoms with Crippen LogP contribution >= 0.6 is 0 Å². The van der Waals surface area contributed by atoms with Gasteiger partial charge >= 0.3 is 0 Å². The van der Waals surface area contributed by atoms with E-state index >= 15 is 0 Å². The molecule has 1 N–H and O–H groups in total. The highest BCUT2D eigenvalue weighted by molar-refractivity contribution is 5.06. The van der Waals surface area contributed by atoms with Crippen molar-refractivity contribution >= 4 is 0 Å². The van der Waals surface area contributed by atoms with Crippen molar-refractivity contribution in [3.8, 4) is 0 Å². The normalized spacial score (nSPS) is 25.1. The summed E-state index contributed by atoms with van der Waals surface area (Å²) in [7, 11) is 1.92. The van der Waals surface area contributed by atoms with Crippen molar-refractivity contribution in [1.29, 1.82) is 0 Å². The van der Waals surface area contributed by atoms with E-state index in [1.807, 2.05) is 19.2 Å². The summed E-state index contributed by atoms with van der Waals surface area (Å²) in [5.41, 5.74) is 0. The van der Waals surface area contributed by atoms with Gasteiger partial charge in [0.2, 0.25) is 0 Å². The Morgan fingerprint density at radius 2 is 1.94 bits per heavy atom. The van der Waals surface area contributed by atoms with Crippen LogP contribution in [0, 0.1) is 5.92 Å². The van der Waals surface area contributed by atoms with Gasteiger partial charge < -0.3 is 14.5 Å². The van der Waals surface area contributed by atoms with Crippen molar-refractivity contribution in [2.45, 2.75) is 51.9 Å². The van der Waals surface area contributed by atoms with Crippen LogP contribution in [-0.4, -0.2) is 13.2 Å². The zero-order valence-corrected chi connectivity index (χ0v) is 10.9. The smallest absolute Gasteiger partial charge is 0.129 e. The SMILES string of the molecule is CNCc1ccc(COC2CCC(C)CC2)o1. The van der Waals surface area contributed by atoms with Gasteiger partial charge in [-0.25, -0.2) is 0 Å². The second kappa shape index (κ2) is 6.22. The van der Waals surface area contributed by atoms with Crippen LogP contribution in [-0.2, 0) is 17.9 Å². The minimum absolute atomic E-state index is 0.434. The predicted molar refractivity (Wildman–Crippen MR) is 67.7 cm³/mol. The topological polar surface area (TPSA) is 34.4 Å². The fourth-order valence-corrected chi connectivity index (χ4v) is 2.37. The number of hydrogen-bond acceptors (Lipinski definition) is 3. The monoisotopic (exact) mass is 237 g/mol. The van der Waals surface area contributed by atoms with Gasteiger partial charge in [0.05, 0.1) is 12.6 Å². The van der Waals surface area contributed by atoms with Gasteiger partial charge in [0.25, 0.3) is 0 Å². The molecule has 1 aliphatic rings. The molecule has 1 saturated carbocycles. The van der Waals surface area contributed by atoms with Crippen molar-refractivity contribution in [2.75, 3.05) is 7.05 Å². The first-order chi connectivity index (χ1) is 8.28. The maximum Gasteiger partial charge on any atom is 0.129 e. The van der Waals surface area contributed by atoms with E-state index in [2.05, 4.69) is 12.2 Å². The van der Waals surface area contributed by atoms with Gasteiger partial charge in [-0.1, -0.05) is 6.92 Å². The Bertz CT molecular complexity index is 327. The number of ether oxygens (including phenoxy) is 1. The van der Waals surface area contributed by atoms with Crippen LogP contribution in [0.25, 0.3) is 0 Å². The van der Waals surface area contributed by atoms with Gasteiger partial charge in [0.1, 0.15) is 18.1 Å². The van der Waals surface area contributed by atoms with Crippen LogP contribution in [0.15, 0.2) is 16.5 Å². The summed E-state index contributed by atoms with van der Waals surface area (Å²) in [5.74, 6) is 2.79. The Morgan fingerprint density at radius 1 is 1.24 bits per heavy atom. The minimum atomic E-state index is 0.434. The van der Waals surface area contributed by atoms with Gasteiger partial charge in [0, 0.05) is 0 Å². The first kappa shape index (κ1) is 12.7. The van der Waals surface area contributed by atoms with E-state index < -0.39 is 0 Å². The van der Waals surface area contributed by atoms with Crippen LogP contribution in [0.5, 0.6) is 0 Å². The van der Waals surface area contributed by atoms with Crippen LogP contribution < -0.4 is 5.32 Å². The maximum absolute atomic E-state index is 5.89. The largest absolute Gasteiger partial charge is 0.462 e. The minimum Gasteiger partial charge on any atom is -0.462 e. The molecule has 1 aromatic rings. The van der Waals surface area contributed by atoms with E-state index in [1.165, 1.54) is 25.7 Å². The molecule has 0 aliphatic heterocycles. The molecule has 0 radical (unpaired) electrons. The summed E-state index contributed by atoms with van der Waals surface area (Å²) in [5, 5.41) is 3.07. The maximum atomic E-state index is 5.89. The first-order valence-corrected chi connectivity index (χ1v) is 6.61.